The Labute approximate surface area is 178 Å². The van der Waals surface area contributed by atoms with Crippen LogP contribution >= 0.6 is 11.3 Å². The first kappa shape index (κ1) is 21.3. The lowest BCUT2D eigenvalue weighted by Crippen LogP contribution is -2.05. The zero-order valence-corrected chi connectivity index (χ0v) is 18.5. The zero-order chi connectivity index (χ0) is 20.6. The second-order valence-electron chi connectivity index (χ2n) is 7.12. The fraction of sp³-hybridized carbons (Fsp3) is 0.360. The van der Waals surface area contributed by atoms with Crippen molar-refractivity contribution in [3.05, 3.63) is 76.0 Å². The fourth-order valence-electron chi connectivity index (χ4n) is 3.96. The number of methoxy groups -OCH3 is 3. The topological polar surface area (TPSA) is 27.7 Å². The van der Waals surface area contributed by atoms with Crippen molar-refractivity contribution in [1.29, 1.82) is 0 Å². The molecule has 2 atom stereocenters. The number of benzene rings is 2. The predicted molar refractivity (Wildman–Crippen MR) is 121 cm³/mol. The molecule has 3 rings (SSSR count). The monoisotopic (exact) mass is 410 g/mol. The summed E-state index contributed by atoms with van der Waals surface area (Å²) in [6.07, 6.45) is 3.25. The van der Waals surface area contributed by atoms with Gasteiger partial charge in [0.15, 0.2) is 11.5 Å². The van der Waals surface area contributed by atoms with Crippen LogP contribution in [0.5, 0.6) is 17.2 Å². The lowest BCUT2D eigenvalue weighted by Gasteiger charge is -2.22. The molecule has 0 radical (unpaired) electrons. The Bertz CT molecular complexity index is 849. The number of rotatable bonds is 10. The van der Waals surface area contributed by atoms with E-state index in [-0.39, 0.29) is 0 Å². The fourth-order valence-corrected chi connectivity index (χ4v) is 4.85. The van der Waals surface area contributed by atoms with E-state index in [2.05, 4.69) is 66.9 Å². The molecule has 0 aliphatic heterocycles. The Morgan fingerprint density at radius 2 is 1.48 bits per heavy atom. The summed E-state index contributed by atoms with van der Waals surface area (Å²) in [6.45, 7) is 2.25. The summed E-state index contributed by atoms with van der Waals surface area (Å²) in [4.78, 5) is 1.43. The Kier molecular flexibility index (Phi) is 7.59. The molecular weight excluding hydrogens is 380 g/mol. The van der Waals surface area contributed by atoms with E-state index in [1.165, 1.54) is 16.0 Å². The van der Waals surface area contributed by atoms with Gasteiger partial charge in [0, 0.05) is 10.8 Å². The van der Waals surface area contributed by atoms with Crippen molar-refractivity contribution < 1.29 is 14.2 Å². The van der Waals surface area contributed by atoms with E-state index in [4.69, 9.17) is 14.2 Å². The Hall–Kier alpha value is -2.46. The van der Waals surface area contributed by atoms with Gasteiger partial charge in [-0.1, -0.05) is 43.3 Å². The Morgan fingerprint density at radius 3 is 2.00 bits per heavy atom. The molecular formula is C25H30O3S. The number of hydrogen-bond donors (Lipinski definition) is 0. The van der Waals surface area contributed by atoms with Crippen LogP contribution in [0.4, 0.5) is 0 Å². The van der Waals surface area contributed by atoms with Gasteiger partial charge in [0.05, 0.1) is 21.3 Å². The quantitative estimate of drug-likeness (QED) is 0.365. The maximum Gasteiger partial charge on any atom is 0.203 e. The van der Waals surface area contributed by atoms with Crippen LogP contribution in [0.25, 0.3) is 0 Å². The minimum absolute atomic E-state index is 0.423. The third-order valence-electron chi connectivity index (χ3n) is 5.54. The molecule has 29 heavy (non-hydrogen) atoms. The highest BCUT2D eigenvalue weighted by Gasteiger charge is 2.21. The molecule has 0 aliphatic carbocycles. The average Bonchev–Trinajstić information content (AvgIpc) is 3.30. The van der Waals surface area contributed by atoms with Crippen LogP contribution in [-0.4, -0.2) is 21.3 Å². The largest absolute Gasteiger partial charge is 0.493 e. The standard InChI is InChI=1S/C25H30O3S/c1-5-18(20-16-22(26-2)25(28-4)23(17-20)27-3)13-14-21(24-12-9-15-29-24)19-10-7-6-8-11-19/h6-12,15-18,21H,5,13-14H2,1-4H3. The molecule has 3 nitrogen and oxygen atoms in total. The molecule has 4 heteroatoms. The van der Waals surface area contributed by atoms with Gasteiger partial charge in [-0.2, -0.15) is 0 Å². The summed E-state index contributed by atoms with van der Waals surface area (Å²) < 4.78 is 16.6. The molecule has 0 spiro atoms. The minimum atomic E-state index is 0.423. The second kappa shape index (κ2) is 10.4. The first-order chi connectivity index (χ1) is 14.2. The Morgan fingerprint density at radius 1 is 0.793 bits per heavy atom. The van der Waals surface area contributed by atoms with Gasteiger partial charge in [0.2, 0.25) is 5.75 Å². The Balaban J connectivity index is 1.85. The lowest BCUT2D eigenvalue weighted by atomic mass is 9.85. The van der Waals surface area contributed by atoms with Gasteiger partial charge in [0.1, 0.15) is 0 Å². The SMILES string of the molecule is CCC(CCC(c1ccccc1)c1cccs1)c1cc(OC)c(OC)c(OC)c1. The summed E-state index contributed by atoms with van der Waals surface area (Å²) in [7, 11) is 4.98. The molecule has 154 valence electrons. The van der Waals surface area contributed by atoms with E-state index >= 15 is 0 Å². The predicted octanol–water partition coefficient (Wildman–Crippen LogP) is 6.88. The molecule has 0 saturated heterocycles. The molecule has 2 unspecified atom stereocenters. The molecule has 1 heterocycles. The van der Waals surface area contributed by atoms with Gasteiger partial charge in [-0.25, -0.2) is 0 Å². The third-order valence-corrected chi connectivity index (χ3v) is 6.53. The zero-order valence-electron chi connectivity index (χ0n) is 17.7. The van der Waals surface area contributed by atoms with E-state index in [9.17, 15) is 0 Å². The lowest BCUT2D eigenvalue weighted by molar-refractivity contribution is 0.323. The van der Waals surface area contributed by atoms with Gasteiger partial charge < -0.3 is 14.2 Å². The molecule has 2 aromatic carbocycles. The first-order valence-electron chi connectivity index (χ1n) is 10.1. The van der Waals surface area contributed by atoms with Crippen LogP contribution in [0.1, 0.15) is 54.0 Å². The number of thiophene rings is 1. The van der Waals surface area contributed by atoms with Crippen LogP contribution in [0, 0.1) is 0 Å². The van der Waals surface area contributed by atoms with Gasteiger partial charge in [0.25, 0.3) is 0 Å². The molecule has 0 fully saturated rings. The van der Waals surface area contributed by atoms with E-state index in [1.807, 2.05) is 11.3 Å². The summed E-state index contributed by atoms with van der Waals surface area (Å²) in [5.41, 5.74) is 2.62. The van der Waals surface area contributed by atoms with Gasteiger partial charge in [-0.15, -0.1) is 11.3 Å². The van der Waals surface area contributed by atoms with Crippen LogP contribution in [0.2, 0.25) is 0 Å². The molecule has 0 saturated carbocycles. The van der Waals surface area contributed by atoms with Crippen LogP contribution in [-0.2, 0) is 0 Å². The summed E-state index contributed by atoms with van der Waals surface area (Å²) >= 11 is 1.84. The van der Waals surface area contributed by atoms with E-state index in [0.29, 0.717) is 17.6 Å². The van der Waals surface area contributed by atoms with Crippen molar-refractivity contribution >= 4 is 11.3 Å². The maximum absolute atomic E-state index is 5.56. The van der Waals surface area contributed by atoms with Crippen molar-refractivity contribution in [2.75, 3.05) is 21.3 Å². The summed E-state index contributed by atoms with van der Waals surface area (Å²) in [5, 5.41) is 2.17. The van der Waals surface area contributed by atoms with E-state index in [1.54, 1.807) is 21.3 Å². The normalized spacial score (nSPS) is 13.0. The highest BCUT2D eigenvalue weighted by Crippen LogP contribution is 2.42. The average molecular weight is 411 g/mol. The van der Waals surface area contributed by atoms with E-state index in [0.717, 1.165) is 30.8 Å². The van der Waals surface area contributed by atoms with Crippen LogP contribution in [0.15, 0.2) is 60.0 Å². The smallest absolute Gasteiger partial charge is 0.203 e. The molecule has 0 amide bonds. The van der Waals surface area contributed by atoms with Crippen LogP contribution < -0.4 is 14.2 Å². The van der Waals surface area contributed by atoms with Gasteiger partial charge in [-0.05, 0) is 59.9 Å². The highest BCUT2D eigenvalue weighted by atomic mass is 32.1. The minimum Gasteiger partial charge on any atom is -0.493 e. The van der Waals surface area contributed by atoms with E-state index < -0.39 is 0 Å². The maximum atomic E-state index is 5.56. The van der Waals surface area contributed by atoms with Crippen molar-refractivity contribution in [1.82, 2.24) is 0 Å². The molecule has 0 N–H and O–H groups in total. The highest BCUT2D eigenvalue weighted by molar-refractivity contribution is 7.10. The summed E-state index contributed by atoms with van der Waals surface area (Å²) in [5.74, 6) is 2.94. The van der Waals surface area contributed by atoms with Crippen molar-refractivity contribution in [2.24, 2.45) is 0 Å². The van der Waals surface area contributed by atoms with Gasteiger partial charge in [-0.3, -0.25) is 0 Å². The molecule has 3 aromatic rings. The first-order valence-corrected chi connectivity index (χ1v) is 11.0. The van der Waals surface area contributed by atoms with Gasteiger partial charge >= 0.3 is 0 Å². The van der Waals surface area contributed by atoms with Crippen molar-refractivity contribution in [3.8, 4) is 17.2 Å². The van der Waals surface area contributed by atoms with Crippen LogP contribution in [0.3, 0.4) is 0 Å². The second-order valence-corrected chi connectivity index (χ2v) is 8.10. The summed E-state index contributed by atoms with van der Waals surface area (Å²) in [6, 6.07) is 19.4. The van der Waals surface area contributed by atoms with Crippen molar-refractivity contribution in [3.63, 3.8) is 0 Å². The number of hydrogen-bond acceptors (Lipinski definition) is 4. The molecule has 0 bridgehead atoms. The molecule has 0 aliphatic rings. The number of ether oxygens (including phenoxy) is 3. The third kappa shape index (κ3) is 4.94. The molecule has 1 aromatic heterocycles. The van der Waals surface area contributed by atoms with Crippen molar-refractivity contribution in [2.45, 2.75) is 38.0 Å².